The highest BCUT2D eigenvalue weighted by Crippen LogP contribution is 2.26. The lowest BCUT2D eigenvalue weighted by molar-refractivity contribution is 0.265. The quantitative estimate of drug-likeness (QED) is 0.528. The van der Waals surface area contributed by atoms with Gasteiger partial charge >= 0.3 is 0 Å². The van der Waals surface area contributed by atoms with Gasteiger partial charge < -0.3 is 14.8 Å². The lowest BCUT2D eigenvalue weighted by Gasteiger charge is -2.21. The van der Waals surface area contributed by atoms with E-state index in [1.54, 1.807) is 0 Å². The molecule has 0 radical (unpaired) electrons. The Morgan fingerprint density at radius 1 is 1.15 bits per heavy atom. The molecule has 0 aliphatic rings. The van der Waals surface area contributed by atoms with Crippen LogP contribution >= 0.6 is 11.6 Å². The fraction of sp³-hybridized carbons (Fsp3) is 0.625. The Labute approximate surface area is 127 Å². The number of rotatable bonds is 10. The van der Waals surface area contributed by atoms with Gasteiger partial charge in [0.25, 0.3) is 0 Å². The van der Waals surface area contributed by atoms with Gasteiger partial charge in [0.1, 0.15) is 6.61 Å². The van der Waals surface area contributed by atoms with Crippen LogP contribution in [-0.2, 0) is 0 Å². The molecule has 20 heavy (non-hydrogen) atoms. The van der Waals surface area contributed by atoms with Crippen LogP contribution in [0.1, 0.15) is 27.2 Å². The minimum atomic E-state index is 0.443. The number of nitrogens with one attached hydrogen (secondary N) is 1. The standard InChI is InChI=1S/C16H26ClNO2/c1-4-19-15-7-5-6-8-16(15)20-12-11-18-14(9-10-17)13(2)3/h5-8,13-14,18H,4,9-12H2,1-3H3. The Kier molecular flexibility index (Phi) is 8.47. The van der Waals surface area contributed by atoms with Crippen molar-refractivity contribution < 1.29 is 9.47 Å². The molecule has 1 aromatic rings. The van der Waals surface area contributed by atoms with Crippen LogP contribution in [0, 0.1) is 5.92 Å². The Morgan fingerprint density at radius 3 is 2.35 bits per heavy atom. The molecule has 0 aliphatic heterocycles. The summed E-state index contributed by atoms with van der Waals surface area (Å²) in [5, 5.41) is 3.49. The fourth-order valence-electron chi connectivity index (χ4n) is 2.04. The minimum Gasteiger partial charge on any atom is -0.490 e. The van der Waals surface area contributed by atoms with Gasteiger partial charge in [-0.15, -0.1) is 11.6 Å². The van der Waals surface area contributed by atoms with E-state index in [2.05, 4.69) is 19.2 Å². The zero-order valence-corrected chi connectivity index (χ0v) is 13.5. The highest BCUT2D eigenvalue weighted by molar-refractivity contribution is 6.17. The third kappa shape index (κ3) is 6.02. The first kappa shape index (κ1) is 17.1. The van der Waals surface area contributed by atoms with Gasteiger partial charge in [0.15, 0.2) is 11.5 Å². The number of halogens is 1. The normalized spacial score (nSPS) is 12.4. The van der Waals surface area contributed by atoms with Crippen LogP contribution in [-0.4, -0.2) is 31.7 Å². The average Bonchev–Trinajstić information content (AvgIpc) is 2.44. The summed E-state index contributed by atoms with van der Waals surface area (Å²) in [5.74, 6) is 2.86. The van der Waals surface area contributed by atoms with Crippen molar-refractivity contribution in [3.63, 3.8) is 0 Å². The molecule has 0 aromatic heterocycles. The predicted octanol–water partition coefficient (Wildman–Crippen LogP) is 3.71. The number of ether oxygens (including phenoxy) is 2. The largest absolute Gasteiger partial charge is 0.490 e. The van der Waals surface area contributed by atoms with E-state index in [1.807, 2.05) is 31.2 Å². The highest BCUT2D eigenvalue weighted by Gasteiger charge is 2.11. The van der Waals surface area contributed by atoms with Crippen molar-refractivity contribution >= 4 is 11.6 Å². The van der Waals surface area contributed by atoms with Crippen molar-refractivity contribution in [3.05, 3.63) is 24.3 Å². The minimum absolute atomic E-state index is 0.443. The molecule has 4 heteroatoms. The number of hydrogen-bond acceptors (Lipinski definition) is 3. The van der Waals surface area contributed by atoms with E-state index in [0.29, 0.717) is 31.1 Å². The second kappa shape index (κ2) is 9.89. The molecule has 1 rings (SSSR count). The van der Waals surface area contributed by atoms with E-state index < -0.39 is 0 Å². The van der Waals surface area contributed by atoms with Gasteiger partial charge in [-0.2, -0.15) is 0 Å². The van der Waals surface area contributed by atoms with Gasteiger partial charge in [-0.3, -0.25) is 0 Å². The lowest BCUT2D eigenvalue weighted by Crippen LogP contribution is -2.36. The molecule has 3 nitrogen and oxygen atoms in total. The van der Waals surface area contributed by atoms with Crippen LogP contribution in [0.4, 0.5) is 0 Å². The number of alkyl halides is 1. The maximum absolute atomic E-state index is 5.82. The van der Waals surface area contributed by atoms with Gasteiger partial charge in [0.05, 0.1) is 6.61 Å². The predicted molar refractivity (Wildman–Crippen MR) is 85.1 cm³/mol. The van der Waals surface area contributed by atoms with E-state index in [9.17, 15) is 0 Å². The molecule has 1 unspecified atom stereocenters. The van der Waals surface area contributed by atoms with Gasteiger partial charge in [-0.05, 0) is 31.4 Å². The Morgan fingerprint density at radius 2 is 1.80 bits per heavy atom. The topological polar surface area (TPSA) is 30.5 Å². The van der Waals surface area contributed by atoms with Crippen molar-refractivity contribution in [1.29, 1.82) is 0 Å². The summed E-state index contributed by atoms with van der Waals surface area (Å²) in [6.45, 7) is 8.45. The molecule has 0 aliphatic carbocycles. The first-order chi connectivity index (χ1) is 9.69. The molecule has 0 fully saturated rings. The first-order valence-electron chi connectivity index (χ1n) is 7.33. The molecule has 1 aromatic carbocycles. The second-order valence-corrected chi connectivity index (χ2v) is 5.39. The van der Waals surface area contributed by atoms with E-state index in [-0.39, 0.29) is 0 Å². The molecule has 0 spiro atoms. The van der Waals surface area contributed by atoms with Gasteiger partial charge in [-0.1, -0.05) is 26.0 Å². The Balaban J connectivity index is 2.36. The fourth-order valence-corrected chi connectivity index (χ4v) is 2.27. The molecule has 1 atom stereocenters. The Bertz CT molecular complexity index is 371. The number of hydrogen-bond donors (Lipinski definition) is 1. The first-order valence-corrected chi connectivity index (χ1v) is 7.86. The van der Waals surface area contributed by atoms with E-state index >= 15 is 0 Å². The zero-order chi connectivity index (χ0) is 14.8. The van der Waals surface area contributed by atoms with Crippen LogP contribution in [0.5, 0.6) is 11.5 Å². The van der Waals surface area contributed by atoms with Gasteiger partial charge in [0.2, 0.25) is 0 Å². The summed E-state index contributed by atoms with van der Waals surface area (Å²) < 4.78 is 11.3. The van der Waals surface area contributed by atoms with Crippen molar-refractivity contribution in [2.45, 2.75) is 33.2 Å². The number of benzene rings is 1. The smallest absolute Gasteiger partial charge is 0.161 e. The third-order valence-electron chi connectivity index (χ3n) is 3.14. The second-order valence-electron chi connectivity index (χ2n) is 5.01. The highest BCUT2D eigenvalue weighted by atomic mass is 35.5. The molecule has 114 valence electrons. The Hall–Kier alpha value is -0.930. The SMILES string of the molecule is CCOc1ccccc1OCCNC(CCCl)C(C)C. The monoisotopic (exact) mass is 299 g/mol. The summed E-state index contributed by atoms with van der Waals surface area (Å²) in [7, 11) is 0. The number of para-hydroxylation sites is 2. The lowest BCUT2D eigenvalue weighted by atomic mass is 10.0. The zero-order valence-electron chi connectivity index (χ0n) is 12.7. The summed E-state index contributed by atoms with van der Waals surface area (Å²) in [6, 6.07) is 8.21. The van der Waals surface area contributed by atoms with Crippen molar-refractivity contribution in [1.82, 2.24) is 5.32 Å². The maximum Gasteiger partial charge on any atom is 0.161 e. The summed E-state index contributed by atoms with van der Waals surface area (Å²) in [4.78, 5) is 0. The van der Waals surface area contributed by atoms with Crippen molar-refractivity contribution in [2.75, 3.05) is 25.6 Å². The van der Waals surface area contributed by atoms with Gasteiger partial charge in [0, 0.05) is 18.5 Å². The van der Waals surface area contributed by atoms with Crippen LogP contribution < -0.4 is 14.8 Å². The van der Waals surface area contributed by atoms with Gasteiger partial charge in [-0.25, -0.2) is 0 Å². The average molecular weight is 300 g/mol. The molecule has 0 saturated carbocycles. The summed E-state index contributed by atoms with van der Waals surface area (Å²) in [6.07, 6.45) is 0.981. The maximum atomic E-state index is 5.82. The molecular weight excluding hydrogens is 274 g/mol. The van der Waals surface area contributed by atoms with Crippen LogP contribution in [0.2, 0.25) is 0 Å². The third-order valence-corrected chi connectivity index (χ3v) is 3.36. The molecule has 1 N–H and O–H groups in total. The molecule has 0 amide bonds. The summed E-state index contributed by atoms with van der Waals surface area (Å²) >= 11 is 5.82. The van der Waals surface area contributed by atoms with Crippen molar-refractivity contribution in [2.24, 2.45) is 5.92 Å². The van der Waals surface area contributed by atoms with E-state index in [0.717, 1.165) is 24.5 Å². The van der Waals surface area contributed by atoms with Crippen molar-refractivity contribution in [3.8, 4) is 11.5 Å². The van der Waals surface area contributed by atoms with Crippen LogP contribution in [0.15, 0.2) is 24.3 Å². The van der Waals surface area contributed by atoms with E-state index in [4.69, 9.17) is 21.1 Å². The molecular formula is C16H26ClNO2. The van der Waals surface area contributed by atoms with E-state index in [1.165, 1.54) is 0 Å². The molecule has 0 saturated heterocycles. The van der Waals surface area contributed by atoms with Crippen LogP contribution in [0.25, 0.3) is 0 Å². The van der Waals surface area contributed by atoms with Crippen LogP contribution in [0.3, 0.4) is 0 Å². The summed E-state index contributed by atoms with van der Waals surface area (Å²) in [5.41, 5.74) is 0. The molecule has 0 heterocycles. The molecule has 0 bridgehead atoms.